The van der Waals surface area contributed by atoms with Gasteiger partial charge in [-0.1, -0.05) is 26.7 Å². The van der Waals surface area contributed by atoms with Gasteiger partial charge in [-0.15, -0.1) is 0 Å². The van der Waals surface area contributed by atoms with E-state index in [1.807, 2.05) is 24.3 Å². The summed E-state index contributed by atoms with van der Waals surface area (Å²) >= 11 is 0. The lowest BCUT2D eigenvalue weighted by atomic mass is 10.2. The summed E-state index contributed by atoms with van der Waals surface area (Å²) in [5.74, 6) is -0.782. The Bertz CT molecular complexity index is 1060. The highest BCUT2D eigenvalue weighted by Gasteiger charge is 2.21. The number of nitrogens with one attached hydrogen (secondary N) is 2. The number of hydrogen-bond donors (Lipinski definition) is 2. The summed E-state index contributed by atoms with van der Waals surface area (Å²) in [6, 6.07) is 13.5. The quantitative estimate of drug-likeness (QED) is 0.566. The predicted molar refractivity (Wildman–Crippen MR) is 135 cm³/mol. The average Bonchev–Trinajstić information content (AvgIpc) is 3.13. The molecule has 3 rings (SSSR count). The molecule has 2 aromatic carbocycles. The molecule has 2 amide bonds. The maximum absolute atomic E-state index is 12.6. The van der Waals surface area contributed by atoms with Gasteiger partial charge in [0.05, 0.1) is 11.4 Å². The molecule has 0 unspecified atom stereocenters. The zero-order valence-electron chi connectivity index (χ0n) is 19.9. The van der Waals surface area contributed by atoms with Crippen molar-refractivity contribution in [2.24, 2.45) is 0 Å². The number of rotatable bonds is 9. The van der Waals surface area contributed by atoms with Gasteiger partial charge in [-0.2, -0.15) is 4.31 Å². The number of anilines is 2. The average molecular weight is 487 g/mol. The van der Waals surface area contributed by atoms with Crippen LogP contribution in [0.5, 0.6) is 0 Å². The van der Waals surface area contributed by atoms with E-state index in [0.717, 1.165) is 18.8 Å². The van der Waals surface area contributed by atoms with Crippen LogP contribution in [0.15, 0.2) is 53.4 Å². The predicted octanol–water partition coefficient (Wildman–Crippen LogP) is 3.47. The Labute approximate surface area is 202 Å². The third-order valence-electron chi connectivity index (χ3n) is 5.99. The van der Waals surface area contributed by atoms with E-state index >= 15 is 0 Å². The summed E-state index contributed by atoms with van der Waals surface area (Å²) in [4.78, 5) is 27.2. The van der Waals surface area contributed by atoms with Gasteiger partial charge in [0, 0.05) is 43.1 Å². The number of carbonyl (C=O) groups excluding carboxylic acids is 2. The van der Waals surface area contributed by atoms with Gasteiger partial charge < -0.3 is 15.5 Å². The molecule has 9 heteroatoms. The molecule has 0 aromatic heterocycles. The van der Waals surface area contributed by atoms with Crippen molar-refractivity contribution < 1.29 is 18.0 Å². The molecule has 2 aromatic rings. The topological polar surface area (TPSA) is 98.8 Å². The number of benzene rings is 2. The molecule has 1 saturated heterocycles. The van der Waals surface area contributed by atoms with Crippen molar-refractivity contribution in [3.8, 4) is 0 Å². The van der Waals surface area contributed by atoms with Gasteiger partial charge in [0.1, 0.15) is 0 Å². The first-order valence-electron chi connectivity index (χ1n) is 11.9. The first kappa shape index (κ1) is 25.7. The van der Waals surface area contributed by atoms with Crippen LogP contribution in [0.25, 0.3) is 0 Å². The van der Waals surface area contributed by atoms with Crippen LogP contribution >= 0.6 is 0 Å². The largest absolute Gasteiger partial charge is 0.372 e. The standard InChI is InChI=1S/C25H34N4O4S/c1-3-29(4-2)34(32,33)23-15-9-20(10-16-23)25(31)26-19-24(30)27-21-11-13-22(14-12-21)28-17-7-5-6-8-18-28/h9-16H,3-8,17-19H2,1-2H3,(H,26,31)(H,27,30). The van der Waals surface area contributed by atoms with Gasteiger partial charge in [-0.3, -0.25) is 9.59 Å². The lowest BCUT2D eigenvalue weighted by Crippen LogP contribution is -2.33. The second-order valence-electron chi connectivity index (χ2n) is 8.29. The van der Waals surface area contributed by atoms with E-state index in [-0.39, 0.29) is 22.9 Å². The monoisotopic (exact) mass is 486 g/mol. The number of amides is 2. The molecule has 1 aliphatic heterocycles. The Kier molecular flexibility index (Phi) is 9.06. The summed E-state index contributed by atoms with van der Waals surface area (Å²) in [7, 11) is -3.58. The molecule has 1 heterocycles. The molecule has 0 atom stereocenters. The van der Waals surface area contributed by atoms with Gasteiger partial charge in [0.25, 0.3) is 5.91 Å². The maximum atomic E-state index is 12.6. The first-order valence-corrected chi connectivity index (χ1v) is 13.3. The van der Waals surface area contributed by atoms with E-state index in [2.05, 4.69) is 15.5 Å². The van der Waals surface area contributed by atoms with Crippen LogP contribution in [0.1, 0.15) is 49.9 Å². The fourth-order valence-corrected chi connectivity index (χ4v) is 5.50. The lowest BCUT2D eigenvalue weighted by molar-refractivity contribution is -0.115. The highest BCUT2D eigenvalue weighted by atomic mass is 32.2. The van der Waals surface area contributed by atoms with E-state index in [4.69, 9.17) is 0 Å². The molecule has 0 saturated carbocycles. The minimum atomic E-state index is -3.58. The van der Waals surface area contributed by atoms with Crippen LogP contribution in [-0.2, 0) is 14.8 Å². The number of hydrogen-bond acceptors (Lipinski definition) is 5. The number of nitrogens with zero attached hydrogens (tertiary/aromatic N) is 2. The maximum Gasteiger partial charge on any atom is 0.251 e. The van der Waals surface area contributed by atoms with Gasteiger partial charge in [-0.25, -0.2) is 8.42 Å². The molecule has 2 N–H and O–H groups in total. The second kappa shape index (κ2) is 12.0. The van der Waals surface area contributed by atoms with Crippen LogP contribution in [-0.4, -0.2) is 57.3 Å². The molecule has 1 fully saturated rings. The fourth-order valence-electron chi connectivity index (χ4n) is 4.04. The first-order chi connectivity index (χ1) is 16.3. The van der Waals surface area contributed by atoms with Crippen molar-refractivity contribution in [1.82, 2.24) is 9.62 Å². The Morgan fingerprint density at radius 1 is 0.882 bits per heavy atom. The van der Waals surface area contributed by atoms with Gasteiger partial charge in [0.2, 0.25) is 15.9 Å². The van der Waals surface area contributed by atoms with Gasteiger partial charge >= 0.3 is 0 Å². The summed E-state index contributed by atoms with van der Waals surface area (Å²) < 4.78 is 26.5. The van der Waals surface area contributed by atoms with Crippen molar-refractivity contribution in [3.63, 3.8) is 0 Å². The lowest BCUT2D eigenvalue weighted by Gasteiger charge is -2.22. The van der Waals surface area contributed by atoms with Crippen molar-refractivity contribution in [3.05, 3.63) is 54.1 Å². The molecule has 0 radical (unpaired) electrons. The zero-order valence-corrected chi connectivity index (χ0v) is 20.7. The van der Waals surface area contributed by atoms with Crippen LogP contribution in [0.2, 0.25) is 0 Å². The molecule has 34 heavy (non-hydrogen) atoms. The third kappa shape index (κ3) is 6.57. The minimum Gasteiger partial charge on any atom is -0.372 e. The van der Waals surface area contributed by atoms with Crippen molar-refractivity contribution in [1.29, 1.82) is 0 Å². The number of sulfonamides is 1. The van der Waals surface area contributed by atoms with Crippen molar-refractivity contribution >= 4 is 33.2 Å². The molecular weight excluding hydrogens is 452 g/mol. The van der Waals surface area contributed by atoms with Gasteiger partial charge in [-0.05, 0) is 61.4 Å². The smallest absolute Gasteiger partial charge is 0.251 e. The molecular formula is C25H34N4O4S. The number of carbonyl (C=O) groups is 2. The Balaban J connectivity index is 1.51. The SMILES string of the molecule is CCN(CC)S(=O)(=O)c1ccc(C(=O)NCC(=O)Nc2ccc(N3CCCCCC3)cc2)cc1. The summed E-state index contributed by atoms with van der Waals surface area (Å²) in [5, 5.41) is 5.36. The molecule has 0 bridgehead atoms. The highest BCUT2D eigenvalue weighted by Crippen LogP contribution is 2.21. The van der Waals surface area contributed by atoms with Crippen LogP contribution in [0, 0.1) is 0 Å². The van der Waals surface area contributed by atoms with E-state index < -0.39 is 15.9 Å². The highest BCUT2D eigenvalue weighted by molar-refractivity contribution is 7.89. The van der Waals surface area contributed by atoms with Crippen molar-refractivity contribution in [2.45, 2.75) is 44.4 Å². The summed E-state index contributed by atoms with van der Waals surface area (Å²) in [6.07, 6.45) is 4.95. The molecule has 0 aliphatic carbocycles. The van der Waals surface area contributed by atoms with E-state index in [0.29, 0.717) is 18.8 Å². The Hall–Kier alpha value is -2.91. The summed E-state index contributed by atoms with van der Waals surface area (Å²) in [6.45, 7) is 6.22. The van der Waals surface area contributed by atoms with Gasteiger partial charge in [0.15, 0.2) is 0 Å². The molecule has 8 nitrogen and oxygen atoms in total. The molecule has 0 spiro atoms. The Morgan fingerprint density at radius 3 is 2.03 bits per heavy atom. The van der Waals surface area contributed by atoms with E-state index in [1.165, 1.54) is 54.3 Å². The zero-order chi connectivity index (χ0) is 24.6. The molecule has 184 valence electrons. The molecule has 1 aliphatic rings. The fraction of sp³-hybridized carbons (Fsp3) is 0.440. The van der Waals surface area contributed by atoms with Crippen LogP contribution < -0.4 is 15.5 Å². The van der Waals surface area contributed by atoms with E-state index in [1.54, 1.807) is 13.8 Å². The minimum absolute atomic E-state index is 0.133. The van der Waals surface area contributed by atoms with E-state index in [9.17, 15) is 18.0 Å². The second-order valence-corrected chi connectivity index (χ2v) is 10.2. The summed E-state index contributed by atoms with van der Waals surface area (Å²) in [5.41, 5.74) is 2.11. The van der Waals surface area contributed by atoms with Crippen molar-refractivity contribution in [2.75, 3.05) is 42.9 Å². The Morgan fingerprint density at radius 2 is 1.47 bits per heavy atom. The van der Waals surface area contributed by atoms with Crippen LogP contribution in [0.3, 0.4) is 0 Å². The normalized spacial score (nSPS) is 14.5. The third-order valence-corrected chi connectivity index (χ3v) is 8.06. The van der Waals surface area contributed by atoms with Crippen LogP contribution in [0.4, 0.5) is 11.4 Å².